The van der Waals surface area contributed by atoms with E-state index < -0.39 is 23.9 Å². The molecule has 4 heterocycles. The number of hydrogen-bond donors (Lipinski definition) is 2. The van der Waals surface area contributed by atoms with Crippen LogP contribution in [0.1, 0.15) is 37.1 Å². The van der Waals surface area contributed by atoms with Crippen molar-refractivity contribution >= 4 is 40.0 Å². The number of nitrogens with one attached hydrogen (secondary N) is 1. The van der Waals surface area contributed by atoms with Crippen LogP contribution in [0.2, 0.25) is 0 Å². The highest BCUT2D eigenvalue weighted by Gasteiger charge is 2.55. The molecule has 3 aromatic rings. The normalized spacial score (nSPS) is 18.1. The van der Waals surface area contributed by atoms with Gasteiger partial charge in [0.2, 0.25) is 5.91 Å². The van der Waals surface area contributed by atoms with Crippen molar-refractivity contribution in [3.63, 3.8) is 0 Å². The fourth-order valence-electron chi connectivity index (χ4n) is 4.32. The summed E-state index contributed by atoms with van der Waals surface area (Å²) in [5.41, 5.74) is 7.29. The Morgan fingerprint density at radius 2 is 2.11 bits per heavy atom. The lowest BCUT2D eigenvalue weighted by Crippen LogP contribution is -2.70. The number of aryl methyl sites for hydroxylation is 1. The molecular weight excluding hydrogens is 466 g/mol. The number of nitrogen functional groups attached to an aromatic ring is 1. The highest BCUT2D eigenvalue weighted by molar-refractivity contribution is 7.14. The number of β-lactam (4-membered cyclic amide) rings is 1. The predicted octanol–water partition coefficient (Wildman–Crippen LogP) is 2.74. The first-order chi connectivity index (χ1) is 16.8. The topological polar surface area (TPSA) is 126 Å². The van der Waals surface area contributed by atoms with Crippen molar-refractivity contribution < 1.29 is 14.4 Å². The summed E-state index contributed by atoms with van der Waals surface area (Å²) in [6, 6.07) is 7.05. The van der Waals surface area contributed by atoms with Crippen LogP contribution in [0.4, 0.5) is 15.6 Å². The number of urea groups is 1. The lowest BCUT2D eigenvalue weighted by Gasteiger charge is -2.45. The minimum atomic E-state index is -0.935. The lowest BCUT2D eigenvalue weighted by molar-refractivity contribution is -0.156. The van der Waals surface area contributed by atoms with Crippen molar-refractivity contribution in [2.24, 2.45) is 13.0 Å². The third-order valence-corrected chi connectivity index (χ3v) is 7.07. The fraction of sp³-hybridized carbons (Fsp3) is 0.375. The summed E-state index contributed by atoms with van der Waals surface area (Å²) in [4.78, 5) is 46.6. The molecule has 0 spiro atoms. The molecule has 4 amide bonds. The minimum Gasteiger partial charge on any atom is -0.384 e. The van der Waals surface area contributed by atoms with Crippen LogP contribution in [0, 0.1) is 5.92 Å². The minimum absolute atomic E-state index is 0.280. The monoisotopic (exact) mass is 495 g/mol. The maximum atomic E-state index is 13.5. The van der Waals surface area contributed by atoms with Crippen molar-refractivity contribution in [1.29, 1.82) is 0 Å². The Hall–Kier alpha value is -3.73. The van der Waals surface area contributed by atoms with E-state index >= 15 is 0 Å². The molecule has 1 aliphatic rings. The second-order valence-electron chi connectivity index (χ2n) is 8.61. The van der Waals surface area contributed by atoms with Crippen LogP contribution >= 0.6 is 11.3 Å². The Bertz CT molecular complexity index is 1210. The molecule has 0 bridgehead atoms. The average Bonchev–Trinajstić information content (AvgIpc) is 3.51. The van der Waals surface area contributed by atoms with Crippen LogP contribution < -0.4 is 16.0 Å². The van der Waals surface area contributed by atoms with E-state index in [4.69, 9.17) is 5.73 Å². The summed E-state index contributed by atoms with van der Waals surface area (Å²) in [6.07, 6.45) is 5.11. The zero-order valence-corrected chi connectivity index (χ0v) is 20.7. The summed E-state index contributed by atoms with van der Waals surface area (Å²) in [7, 11) is 3.46. The number of imide groups is 1. The molecule has 1 saturated heterocycles. The van der Waals surface area contributed by atoms with E-state index in [9.17, 15) is 14.4 Å². The van der Waals surface area contributed by atoms with Gasteiger partial charge in [0, 0.05) is 26.5 Å². The van der Waals surface area contributed by atoms with Gasteiger partial charge in [-0.3, -0.25) is 19.2 Å². The largest absolute Gasteiger partial charge is 0.384 e. The first-order valence-corrected chi connectivity index (χ1v) is 12.3. The average molecular weight is 496 g/mol. The van der Waals surface area contributed by atoms with Gasteiger partial charge in [-0.05, 0) is 54.1 Å². The van der Waals surface area contributed by atoms with Crippen LogP contribution in [-0.2, 0) is 23.1 Å². The Kier molecular flexibility index (Phi) is 7.15. The quantitative estimate of drug-likeness (QED) is 0.463. The first kappa shape index (κ1) is 24.4. The Balaban J connectivity index is 1.59. The molecule has 0 radical (unpaired) electrons. The Morgan fingerprint density at radius 1 is 1.31 bits per heavy atom. The molecule has 0 unspecified atom stereocenters. The second-order valence-corrected chi connectivity index (χ2v) is 9.53. The van der Waals surface area contributed by atoms with Gasteiger partial charge in [-0.25, -0.2) is 9.78 Å². The molecule has 0 saturated carbocycles. The maximum absolute atomic E-state index is 13.5. The van der Waals surface area contributed by atoms with Crippen LogP contribution in [0.25, 0.3) is 0 Å². The predicted molar refractivity (Wildman–Crippen MR) is 134 cm³/mol. The van der Waals surface area contributed by atoms with E-state index in [2.05, 4.69) is 15.4 Å². The number of carbonyl (C=O) groups is 3. The maximum Gasteiger partial charge on any atom is 0.325 e. The van der Waals surface area contributed by atoms with Gasteiger partial charge in [0.05, 0.1) is 22.7 Å². The molecule has 3 atom stereocenters. The second kappa shape index (κ2) is 10.3. The Morgan fingerprint density at radius 3 is 2.74 bits per heavy atom. The third kappa shape index (κ3) is 5.04. The van der Waals surface area contributed by atoms with Gasteiger partial charge in [-0.1, -0.05) is 13.3 Å². The van der Waals surface area contributed by atoms with E-state index in [-0.39, 0.29) is 18.4 Å². The third-order valence-electron chi connectivity index (χ3n) is 6.12. The number of carbonyl (C=O) groups excluding carboxylic acids is 3. The molecule has 1 fully saturated rings. The van der Waals surface area contributed by atoms with E-state index in [1.807, 2.05) is 30.5 Å². The summed E-state index contributed by atoms with van der Waals surface area (Å²) in [5, 5.41) is 9.94. The van der Waals surface area contributed by atoms with Crippen molar-refractivity contribution in [2.45, 2.75) is 38.3 Å². The standard InChI is InChI=1S/C24H29N7O3S/c1-4-6-17(18-9-11-29(2)28-18)27-24(34)31-21(23(33)30(3)20-7-5-12-35-20)16(22(31)32)13-15-8-10-26-19(25)14-15/h5,7-12,14,16-17,21H,4,6,13H2,1-3H3,(H2,25,26)(H,27,34)/t16-,17-,21+/m1/s1. The Labute approximate surface area is 207 Å². The summed E-state index contributed by atoms with van der Waals surface area (Å²) >= 11 is 1.41. The summed E-state index contributed by atoms with van der Waals surface area (Å²) in [6.45, 7) is 2.01. The molecule has 11 heteroatoms. The van der Waals surface area contributed by atoms with Gasteiger partial charge in [0.25, 0.3) is 5.91 Å². The lowest BCUT2D eigenvalue weighted by atomic mass is 9.81. The van der Waals surface area contributed by atoms with Gasteiger partial charge in [0.15, 0.2) is 0 Å². The van der Waals surface area contributed by atoms with Crippen molar-refractivity contribution in [2.75, 3.05) is 17.7 Å². The van der Waals surface area contributed by atoms with Crippen LogP contribution in [0.5, 0.6) is 0 Å². The number of aromatic nitrogens is 3. The van der Waals surface area contributed by atoms with Crippen molar-refractivity contribution in [3.05, 3.63) is 59.4 Å². The molecule has 3 N–H and O–H groups in total. The molecule has 3 aromatic heterocycles. The highest BCUT2D eigenvalue weighted by atomic mass is 32.1. The number of hydrogen-bond acceptors (Lipinski definition) is 7. The molecule has 0 aliphatic carbocycles. The van der Waals surface area contributed by atoms with E-state index in [1.54, 1.807) is 43.3 Å². The van der Waals surface area contributed by atoms with Gasteiger partial charge in [-0.2, -0.15) is 5.10 Å². The zero-order valence-electron chi connectivity index (χ0n) is 19.9. The summed E-state index contributed by atoms with van der Waals surface area (Å²) < 4.78 is 1.66. The number of nitrogens with two attached hydrogens (primary N) is 1. The van der Waals surface area contributed by atoms with Crippen LogP contribution in [-0.4, -0.2) is 50.6 Å². The number of anilines is 2. The van der Waals surface area contributed by atoms with E-state index in [0.29, 0.717) is 17.9 Å². The summed E-state index contributed by atoms with van der Waals surface area (Å²) in [5.74, 6) is -1.07. The van der Waals surface area contributed by atoms with Gasteiger partial charge < -0.3 is 16.0 Å². The number of pyridine rings is 1. The fourth-order valence-corrected chi connectivity index (χ4v) is 5.02. The van der Waals surface area contributed by atoms with Gasteiger partial charge in [0.1, 0.15) is 11.9 Å². The number of nitrogens with zero attached hydrogens (tertiary/aromatic N) is 5. The zero-order chi connectivity index (χ0) is 25.1. The van der Waals surface area contributed by atoms with E-state index in [0.717, 1.165) is 21.9 Å². The highest BCUT2D eigenvalue weighted by Crippen LogP contribution is 2.34. The molecular formula is C24H29N7O3S. The molecule has 35 heavy (non-hydrogen) atoms. The number of amides is 4. The van der Waals surface area contributed by atoms with Gasteiger partial charge in [-0.15, -0.1) is 11.3 Å². The van der Waals surface area contributed by atoms with Crippen molar-refractivity contribution in [1.82, 2.24) is 25.0 Å². The molecule has 0 aromatic carbocycles. The van der Waals surface area contributed by atoms with Crippen molar-refractivity contribution in [3.8, 4) is 0 Å². The number of likely N-dealkylation sites (tertiary alicyclic amines) is 1. The number of rotatable bonds is 8. The molecule has 10 nitrogen and oxygen atoms in total. The van der Waals surface area contributed by atoms with Crippen LogP contribution in [0.15, 0.2) is 48.1 Å². The first-order valence-electron chi connectivity index (χ1n) is 11.4. The molecule has 4 rings (SSSR count). The SMILES string of the molecule is CCC[C@@H](NC(=O)N1C(=O)[C@H](Cc2ccnc(N)c2)[C@H]1C(=O)N(C)c1cccs1)c1ccn(C)n1. The number of likely N-dealkylation sites (N-methyl/N-ethyl adjacent to an activating group) is 1. The van der Waals surface area contributed by atoms with Crippen LogP contribution in [0.3, 0.4) is 0 Å². The van der Waals surface area contributed by atoms with E-state index in [1.165, 1.54) is 16.2 Å². The number of thiophene rings is 1. The van der Waals surface area contributed by atoms with Gasteiger partial charge >= 0.3 is 6.03 Å². The smallest absolute Gasteiger partial charge is 0.325 e. The molecule has 184 valence electrons. The molecule has 1 aliphatic heterocycles.